The SMILES string of the molecule is Cc1ccc(OCc2sccc2C#CCN)cc1. The average molecular weight is 257 g/mol. The molecule has 1 aromatic carbocycles. The summed E-state index contributed by atoms with van der Waals surface area (Å²) in [6, 6.07) is 10.0. The summed E-state index contributed by atoms with van der Waals surface area (Å²) in [5.74, 6) is 6.80. The van der Waals surface area contributed by atoms with Gasteiger partial charge < -0.3 is 10.5 Å². The predicted octanol–water partition coefficient (Wildman–Crippen LogP) is 2.95. The van der Waals surface area contributed by atoms with Crippen molar-refractivity contribution in [2.24, 2.45) is 5.73 Å². The summed E-state index contributed by atoms with van der Waals surface area (Å²) in [6.07, 6.45) is 0. The lowest BCUT2D eigenvalue weighted by Crippen LogP contribution is -1.96. The van der Waals surface area contributed by atoms with E-state index in [2.05, 4.69) is 18.8 Å². The molecule has 92 valence electrons. The Balaban J connectivity index is 2.02. The van der Waals surface area contributed by atoms with Gasteiger partial charge in [-0.25, -0.2) is 0 Å². The minimum atomic E-state index is 0.383. The lowest BCUT2D eigenvalue weighted by molar-refractivity contribution is 0.309. The molecule has 2 N–H and O–H groups in total. The Morgan fingerprint density at radius 3 is 2.72 bits per heavy atom. The van der Waals surface area contributed by atoms with Crippen LogP contribution in [0.2, 0.25) is 0 Å². The van der Waals surface area contributed by atoms with E-state index in [1.165, 1.54) is 5.56 Å². The van der Waals surface area contributed by atoms with E-state index in [0.717, 1.165) is 16.2 Å². The fourth-order valence-corrected chi connectivity index (χ4v) is 2.23. The molecule has 0 saturated carbocycles. The lowest BCUT2D eigenvalue weighted by atomic mass is 10.2. The van der Waals surface area contributed by atoms with Gasteiger partial charge in [-0.2, -0.15) is 0 Å². The van der Waals surface area contributed by atoms with Crippen molar-refractivity contribution in [1.82, 2.24) is 0 Å². The number of hydrogen-bond donors (Lipinski definition) is 1. The number of ether oxygens (including phenoxy) is 1. The minimum absolute atomic E-state index is 0.383. The van der Waals surface area contributed by atoms with Gasteiger partial charge in [0, 0.05) is 5.56 Å². The highest BCUT2D eigenvalue weighted by Crippen LogP contribution is 2.19. The molecule has 1 aromatic heterocycles. The molecule has 2 aromatic rings. The van der Waals surface area contributed by atoms with E-state index in [9.17, 15) is 0 Å². The monoisotopic (exact) mass is 257 g/mol. The molecule has 0 fully saturated rings. The zero-order valence-electron chi connectivity index (χ0n) is 10.3. The number of hydrogen-bond acceptors (Lipinski definition) is 3. The van der Waals surface area contributed by atoms with Crippen LogP contribution in [-0.2, 0) is 6.61 Å². The highest BCUT2D eigenvalue weighted by Gasteiger charge is 2.02. The van der Waals surface area contributed by atoms with Crippen molar-refractivity contribution in [1.29, 1.82) is 0 Å². The maximum Gasteiger partial charge on any atom is 0.124 e. The quantitative estimate of drug-likeness (QED) is 0.858. The first-order valence-corrected chi connectivity index (χ1v) is 6.62. The van der Waals surface area contributed by atoms with Gasteiger partial charge in [0.15, 0.2) is 0 Å². The first kappa shape index (κ1) is 12.7. The average Bonchev–Trinajstić information content (AvgIpc) is 2.83. The van der Waals surface area contributed by atoms with Crippen molar-refractivity contribution >= 4 is 11.3 Å². The van der Waals surface area contributed by atoms with Crippen LogP contribution in [0.25, 0.3) is 0 Å². The number of rotatable bonds is 3. The molecular formula is C15H15NOS. The standard InChI is InChI=1S/C15H15NOS/c1-12-4-6-14(7-5-12)17-11-15-13(3-2-9-16)8-10-18-15/h4-8,10H,9,11,16H2,1H3. The Labute approximate surface area is 111 Å². The van der Waals surface area contributed by atoms with Gasteiger partial charge >= 0.3 is 0 Å². The molecule has 2 nitrogen and oxygen atoms in total. The van der Waals surface area contributed by atoms with Crippen molar-refractivity contribution in [2.75, 3.05) is 6.54 Å². The van der Waals surface area contributed by atoms with Crippen LogP contribution in [0.15, 0.2) is 35.7 Å². The summed E-state index contributed by atoms with van der Waals surface area (Å²) in [4.78, 5) is 1.14. The van der Waals surface area contributed by atoms with E-state index in [1.54, 1.807) is 11.3 Å². The fraction of sp³-hybridized carbons (Fsp3) is 0.200. The Bertz CT molecular complexity index is 560. The molecule has 2 rings (SSSR count). The zero-order valence-corrected chi connectivity index (χ0v) is 11.1. The summed E-state index contributed by atoms with van der Waals surface area (Å²) < 4.78 is 5.74. The van der Waals surface area contributed by atoms with Gasteiger partial charge in [0.2, 0.25) is 0 Å². The molecule has 0 aliphatic rings. The van der Waals surface area contributed by atoms with Crippen LogP contribution in [0.1, 0.15) is 16.0 Å². The molecule has 0 unspecified atom stereocenters. The van der Waals surface area contributed by atoms with Crippen LogP contribution in [0, 0.1) is 18.8 Å². The Morgan fingerprint density at radius 1 is 1.22 bits per heavy atom. The molecule has 0 bridgehead atoms. The third kappa shape index (κ3) is 3.36. The van der Waals surface area contributed by atoms with Crippen molar-refractivity contribution < 1.29 is 4.74 Å². The normalized spacial score (nSPS) is 9.67. The summed E-state index contributed by atoms with van der Waals surface area (Å²) in [5, 5.41) is 2.02. The summed E-state index contributed by atoms with van der Waals surface area (Å²) in [7, 11) is 0. The molecule has 0 radical (unpaired) electrons. The highest BCUT2D eigenvalue weighted by molar-refractivity contribution is 7.10. The van der Waals surface area contributed by atoms with Crippen LogP contribution in [0.4, 0.5) is 0 Å². The molecule has 0 atom stereocenters. The summed E-state index contributed by atoms with van der Waals surface area (Å²) >= 11 is 1.65. The van der Waals surface area contributed by atoms with Gasteiger partial charge in [-0.05, 0) is 30.5 Å². The largest absolute Gasteiger partial charge is 0.488 e. The van der Waals surface area contributed by atoms with Crippen molar-refractivity contribution in [3.63, 3.8) is 0 Å². The summed E-state index contributed by atoms with van der Waals surface area (Å²) in [5.41, 5.74) is 7.61. The van der Waals surface area contributed by atoms with Gasteiger partial charge in [-0.1, -0.05) is 29.5 Å². The Hall–Kier alpha value is -1.76. The first-order valence-electron chi connectivity index (χ1n) is 5.74. The second-order valence-corrected chi connectivity index (χ2v) is 4.87. The van der Waals surface area contributed by atoms with Gasteiger partial charge in [0.25, 0.3) is 0 Å². The zero-order chi connectivity index (χ0) is 12.8. The van der Waals surface area contributed by atoms with Gasteiger partial charge in [-0.15, -0.1) is 11.3 Å². The highest BCUT2D eigenvalue weighted by atomic mass is 32.1. The van der Waals surface area contributed by atoms with Gasteiger partial charge in [-0.3, -0.25) is 0 Å². The number of benzene rings is 1. The van der Waals surface area contributed by atoms with Crippen molar-refractivity contribution in [3.05, 3.63) is 51.7 Å². The van der Waals surface area contributed by atoms with Crippen LogP contribution in [0.5, 0.6) is 5.75 Å². The third-order valence-electron chi connectivity index (χ3n) is 2.46. The number of aryl methyl sites for hydroxylation is 1. The van der Waals surface area contributed by atoms with Crippen LogP contribution < -0.4 is 10.5 Å². The Morgan fingerprint density at radius 2 is 2.00 bits per heavy atom. The van der Waals surface area contributed by atoms with Gasteiger partial charge in [0.05, 0.1) is 11.4 Å². The van der Waals surface area contributed by atoms with Crippen molar-refractivity contribution in [2.45, 2.75) is 13.5 Å². The van der Waals surface area contributed by atoms with E-state index in [-0.39, 0.29) is 0 Å². The molecule has 0 amide bonds. The molecule has 0 aliphatic heterocycles. The topological polar surface area (TPSA) is 35.2 Å². The molecule has 1 heterocycles. The maximum atomic E-state index is 5.74. The Kier molecular flexibility index (Phi) is 4.40. The van der Waals surface area contributed by atoms with Crippen LogP contribution in [0.3, 0.4) is 0 Å². The van der Waals surface area contributed by atoms with E-state index in [1.807, 2.05) is 35.7 Å². The molecule has 18 heavy (non-hydrogen) atoms. The number of nitrogens with two attached hydrogens (primary N) is 1. The van der Waals surface area contributed by atoms with Crippen LogP contribution in [-0.4, -0.2) is 6.54 Å². The summed E-state index contributed by atoms with van der Waals surface area (Å²) in [6.45, 7) is 2.99. The van der Waals surface area contributed by atoms with E-state index < -0.39 is 0 Å². The van der Waals surface area contributed by atoms with E-state index in [0.29, 0.717) is 13.2 Å². The maximum absolute atomic E-state index is 5.74. The van der Waals surface area contributed by atoms with E-state index in [4.69, 9.17) is 10.5 Å². The second-order valence-electron chi connectivity index (χ2n) is 3.87. The molecule has 3 heteroatoms. The molecule has 0 aliphatic carbocycles. The number of thiophene rings is 1. The predicted molar refractivity (Wildman–Crippen MR) is 75.8 cm³/mol. The van der Waals surface area contributed by atoms with E-state index >= 15 is 0 Å². The first-order chi connectivity index (χ1) is 8.79. The third-order valence-corrected chi connectivity index (χ3v) is 3.36. The minimum Gasteiger partial charge on any atom is -0.488 e. The second kappa shape index (κ2) is 6.25. The fourth-order valence-electron chi connectivity index (χ4n) is 1.49. The smallest absolute Gasteiger partial charge is 0.124 e. The van der Waals surface area contributed by atoms with Crippen LogP contribution >= 0.6 is 11.3 Å². The van der Waals surface area contributed by atoms with Crippen molar-refractivity contribution in [3.8, 4) is 17.6 Å². The molecule has 0 saturated heterocycles. The molecular weight excluding hydrogens is 242 g/mol. The van der Waals surface area contributed by atoms with Gasteiger partial charge in [0.1, 0.15) is 12.4 Å². The lowest BCUT2D eigenvalue weighted by Gasteiger charge is -2.05. The molecule has 0 spiro atoms.